The van der Waals surface area contributed by atoms with E-state index in [9.17, 15) is 16.8 Å². The molecule has 4 nitrogen and oxygen atoms in total. The maximum atomic E-state index is 11.3. The molecule has 0 radical (unpaired) electrons. The fraction of sp³-hybridized carbons (Fsp3) is 1.00. The maximum Gasteiger partial charge on any atom is 0.233 e. The molecule has 0 N–H and O–H groups in total. The van der Waals surface area contributed by atoms with Crippen molar-refractivity contribution in [2.24, 2.45) is 0 Å². The van der Waals surface area contributed by atoms with Crippen LogP contribution in [-0.4, -0.2) is 33.6 Å². The second-order valence-electron chi connectivity index (χ2n) is 3.19. The summed E-state index contributed by atoms with van der Waals surface area (Å²) < 4.78 is 44.0. The zero-order chi connectivity index (χ0) is 10.1. The third-order valence-corrected chi connectivity index (χ3v) is 5.76. The molecule has 78 valence electrons. The van der Waals surface area contributed by atoms with Gasteiger partial charge in [-0.05, 0) is 12.8 Å². The van der Waals surface area contributed by atoms with Crippen molar-refractivity contribution in [3.05, 3.63) is 0 Å². The van der Waals surface area contributed by atoms with E-state index < -0.39 is 29.9 Å². The van der Waals surface area contributed by atoms with Crippen molar-refractivity contribution in [2.75, 3.05) is 11.5 Å². The molecular formula is C6H11ClO4S2. The van der Waals surface area contributed by atoms with Crippen molar-refractivity contribution in [1.29, 1.82) is 0 Å². The van der Waals surface area contributed by atoms with Crippen LogP contribution in [0, 0.1) is 0 Å². The van der Waals surface area contributed by atoms with Gasteiger partial charge in [-0.1, -0.05) is 6.42 Å². The predicted octanol–water partition coefficient (Wildman–Crippen LogP) is 0.522. The molecule has 7 heteroatoms. The molecule has 13 heavy (non-hydrogen) atoms. The highest BCUT2D eigenvalue weighted by molar-refractivity contribution is 8.14. The molecule has 1 unspecified atom stereocenters. The first-order chi connectivity index (χ1) is 5.81. The summed E-state index contributed by atoms with van der Waals surface area (Å²) in [5.74, 6) is -0.360. The van der Waals surface area contributed by atoms with Gasteiger partial charge >= 0.3 is 0 Å². The molecule has 1 heterocycles. The molecule has 1 aliphatic rings. The summed E-state index contributed by atoms with van der Waals surface area (Å²) in [7, 11) is -1.92. The second-order valence-corrected chi connectivity index (χ2v) is 8.41. The van der Waals surface area contributed by atoms with Crippen LogP contribution in [0.5, 0.6) is 0 Å². The topological polar surface area (TPSA) is 68.3 Å². The predicted molar refractivity (Wildman–Crippen MR) is 51.1 cm³/mol. The van der Waals surface area contributed by atoms with Gasteiger partial charge in [0.25, 0.3) is 0 Å². The van der Waals surface area contributed by atoms with E-state index in [4.69, 9.17) is 10.7 Å². The smallest absolute Gasteiger partial charge is 0.229 e. The van der Waals surface area contributed by atoms with Crippen molar-refractivity contribution >= 4 is 29.6 Å². The summed E-state index contributed by atoms with van der Waals surface area (Å²) in [6.45, 7) is 0. The lowest BCUT2D eigenvalue weighted by Crippen LogP contribution is -2.33. The van der Waals surface area contributed by atoms with Gasteiger partial charge < -0.3 is 0 Å². The van der Waals surface area contributed by atoms with E-state index in [0.29, 0.717) is 12.8 Å². The first kappa shape index (κ1) is 11.3. The monoisotopic (exact) mass is 246 g/mol. The molecule has 0 aliphatic carbocycles. The van der Waals surface area contributed by atoms with Crippen LogP contribution in [0.25, 0.3) is 0 Å². The summed E-state index contributed by atoms with van der Waals surface area (Å²) in [4.78, 5) is 0. The Bertz CT molecular complexity index is 369. The van der Waals surface area contributed by atoms with Crippen LogP contribution < -0.4 is 0 Å². The van der Waals surface area contributed by atoms with Gasteiger partial charge in [0, 0.05) is 10.7 Å². The highest BCUT2D eigenvalue weighted by Gasteiger charge is 2.32. The minimum atomic E-state index is -3.70. The van der Waals surface area contributed by atoms with Gasteiger partial charge in [-0.15, -0.1) is 0 Å². The molecule has 0 spiro atoms. The van der Waals surface area contributed by atoms with Gasteiger partial charge in [-0.2, -0.15) is 0 Å². The van der Waals surface area contributed by atoms with E-state index >= 15 is 0 Å². The summed E-state index contributed by atoms with van der Waals surface area (Å²) in [6, 6.07) is 0. The second kappa shape index (κ2) is 3.74. The lowest BCUT2D eigenvalue weighted by molar-refractivity contribution is 0.545. The van der Waals surface area contributed by atoms with E-state index in [2.05, 4.69) is 0 Å². The third-order valence-electron chi connectivity index (χ3n) is 2.10. The Hall–Kier alpha value is 0.190. The molecule has 1 atom stereocenters. The normalized spacial score (nSPS) is 28.5. The Morgan fingerprint density at radius 3 is 2.38 bits per heavy atom. The molecule has 1 aliphatic heterocycles. The summed E-state index contributed by atoms with van der Waals surface area (Å²) in [5.41, 5.74) is 0. The lowest BCUT2D eigenvalue weighted by Gasteiger charge is -2.20. The summed E-state index contributed by atoms with van der Waals surface area (Å²) >= 11 is 0. The Labute approximate surface area is 82.6 Å². The number of hydrogen-bond acceptors (Lipinski definition) is 4. The number of sulfone groups is 1. The van der Waals surface area contributed by atoms with E-state index in [1.54, 1.807) is 0 Å². The lowest BCUT2D eigenvalue weighted by atomic mass is 10.2. The largest absolute Gasteiger partial charge is 0.233 e. The van der Waals surface area contributed by atoms with Gasteiger partial charge in [-0.3, -0.25) is 0 Å². The molecule has 1 rings (SSSR count). The first-order valence-corrected chi connectivity index (χ1v) is 8.14. The average molecular weight is 247 g/mol. The van der Waals surface area contributed by atoms with Crippen LogP contribution in [0.2, 0.25) is 0 Å². The molecule has 0 aromatic rings. The number of hydrogen-bond donors (Lipinski definition) is 0. The van der Waals surface area contributed by atoms with Crippen molar-refractivity contribution in [2.45, 2.75) is 24.5 Å². The first-order valence-electron chi connectivity index (χ1n) is 3.95. The standard InChI is InChI=1S/C6H11ClO4S2/c7-13(10,11)5-6-3-1-2-4-12(6,8)9/h6H,1-5H2. The molecule has 0 bridgehead atoms. The molecule has 0 aromatic carbocycles. The molecule has 0 saturated carbocycles. The Morgan fingerprint density at radius 2 is 1.92 bits per heavy atom. The minimum absolute atomic E-state index is 0.0874. The maximum absolute atomic E-state index is 11.3. The highest BCUT2D eigenvalue weighted by atomic mass is 35.7. The van der Waals surface area contributed by atoms with E-state index in [-0.39, 0.29) is 5.75 Å². The van der Waals surface area contributed by atoms with Crippen molar-refractivity contribution < 1.29 is 16.8 Å². The molecule has 1 saturated heterocycles. The van der Waals surface area contributed by atoms with Crippen LogP contribution >= 0.6 is 10.7 Å². The van der Waals surface area contributed by atoms with Crippen LogP contribution in [0.1, 0.15) is 19.3 Å². The summed E-state index contributed by atoms with van der Waals surface area (Å²) in [5, 5.41) is -0.788. The van der Waals surface area contributed by atoms with Crippen molar-refractivity contribution in [1.82, 2.24) is 0 Å². The van der Waals surface area contributed by atoms with Crippen LogP contribution in [0.3, 0.4) is 0 Å². The number of halogens is 1. The van der Waals surface area contributed by atoms with Crippen LogP contribution in [0.4, 0.5) is 0 Å². The van der Waals surface area contributed by atoms with Crippen LogP contribution in [-0.2, 0) is 18.9 Å². The highest BCUT2D eigenvalue weighted by Crippen LogP contribution is 2.21. The van der Waals surface area contributed by atoms with Gasteiger partial charge in [-0.25, -0.2) is 16.8 Å². The van der Waals surface area contributed by atoms with Gasteiger partial charge in [0.1, 0.15) is 0 Å². The number of rotatable bonds is 2. The zero-order valence-electron chi connectivity index (χ0n) is 6.94. The van der Waals surface area contributed by atoms with Crippen molar-refractivity contribution in [3.8, 4) is 0 Å². The Kier molecular flexibility index (Phi) is 3.24. The Morgan fingerprint density at radius 1 is 1.31 bits per heavy atom. The summed E-state index contributed by atoms with van der Waals surface area (Å²) in [6.07, 6.45) is 1.80. The van der Waals surface area contributed by atoms with E-state index in [1.807, 2.05) is 0 Å². The van der Waals surface area contributed by atoms with Gasteiger partial charge in [0.05, 0.1) is 16.8 Å². The Balaban J connectivity index is 2.79. The molecule has 1 fully saturated rings. The fourth-order valence-corrected chi connectivity index (χ4v) is 5.55. The quantitative estimate of drug-likeness (QED) is 0.667. The SMILES string of the molecule is O=S(=O)(Cl)CC1CCCCS1(=O)=O. The molecular weight excluding hydrogens is 236 g/mol. The van der Waals surface area contributed by atoms with Gasteiger partial charge in [0.15, 0.2) is 9.84 Å². The molecule has 0 amide bonds. The van der Waals surface area contributed by atoms with E-state index in [1.165, 1.54) is 0 Å². The van der Waals surface area contributed by atoms with Gasteiger partial charge in [0.2, 0.25) is 9.05 Å². The fourth-order valence-electron chi connectivity index (χ4n) is 1.43. The van der Waals surface area contributed by atoms with Crippen molar-refractivity contribution in [3.63, 3.8) is 0 Å². The average Bonchev–Trinajstić information content (AvgIpc) is 1.91. The van der Waals surface area contributed by atoms with E-state index in [0.717, 1.165) is 6.42 Å². The van der Waals surface area contributed by atoms with Crippen LogP contribution in [0.15, 0.2) is 0 Å². The minimum Gasteiger partial charge on any atom is -0.229 e. The third kappa shape index (κ3) is 3.44. The molecule has 0 aromatic heterocycles. The zero-order valence-corrected chi connectivity index (χ0v) is 9.33.